The average Bonchev–Trinajstić information content (AvgIpc) is 1.98. The van der Waals surface area contributed by atoms with Gasteiger partial charge in [-0.15, -0.1) is 0 Å². The zero-order valence-electron chi connectivity index (χ0n) is 6.73. The fourth-order valence-electron chi connectivity index (χ4n) is 0.952. The van der Waals surface area contributed by atoms with Crippen molar-refractivity contribution >= 4 is 0 Å². The van der Waals surface area contributed by atoms with Gasteiger partial charge in [-0.3, -0.25) is 0 Å². The van der Waals surface area contributed by atoms with Crippen LogP contribution in [-0.2, 0) is 6.54 Å². The van der Waals surface area contributed by atoms with Crippen LogP contribution in [0.15, 0.2) is 18.2 Å². The van der Waals surface area contributed by atoms with Crippen LogP contribution in [0.2, 0.25) is 0 Å². The third-order valence-corrected chi connectivity index (χ3v) is 1.50. The number of nitrogens with zero attached hydrogens (tertiary/aromatic N) is 1. The summed E-state index contributed by atoms with van der Waals surface area (Å²) in [6, 6.07) is 4.62. The molecule has 0 spiro atoms. The molecule has 66 valence electrons. The van der Waals surface area contributed by atoms with E-state index in [9.17, 15) is 5.11 Å². The predicted octanol–water partition coefficient (Wildman–Crippen LogP) is 0.919. The minimum absolute atomic E-state index is 0.172. The molecule has 0 unspecified atom stereocenters. The largest absolute Gasteiger partial charge is 0.504 e. The highest BCUT2D eigenvalue weighted by Crippen LogP contribution is 2.28. The topological polar surface area (TPSA) is 63.9 Å². The van der Waals surface area contributed by atoms with Crippen LogP contribution in [0.1, 0.15) is 5.56 Å². The van der Waals surface area contributed by atoms with E-state index in [1.165, 1.54) is 13.1 Å². The van der Waals surface area contributed by atoms with Crippen LogP contribution in [0.5, 0.6) is 11.5 Å². The lowest BCUT2D eigenvalue weighted by atomic mass is 10.2. The zero-order valence-corrected chi connectivity index (χ0v) is 6.73. The number of aromatic hydroxyl groups is 2. The van der Waals surface area contributed by atoms with Crippen molar-refractivity contribution in [3.05, 3.63) is 23.8 Å². The Kier molecular flexibility index (Phi) is 2.52. The summed E-state index contributed by atoms with van der Waals surface area (Å²) in [6.07, 6.45) is 0. The van der Waals surface area contributed by atoms with Crippen LogP contribution in [0.4, 0.5) is 0 Å². The number of hydrogen-bond donors (Lipinski definition) is 3. The first-order valence-corrected chi connectivity index (χ1v) is 3.51. The van der Waals surface area contributed by atoms with Crippen LogP contribution in [0.3, 0.4) is 0 Å². The van der Waals surface area contributed by atoms with Crippen molar-refractivity contribution in [2.75, 3.05) is 7.05 Å². The van der Waals surface area contributed by atoms with E-state index < -0.39 is 0 Å². The van der Waals surface area contributed by atoms with Crippen molar-refractivity contribution < 1.29 is 15.4 Å². The molecule has 0 saturated carbocycles. The molecule has 0 fully saturated rings. The maximum absolute atomic E-state index is 9.26. The highest BCUT2D eigenvalue weighted by atomic mass is 16.5. The highest BCUT2D eigenvalue weighted by Gasteiger charge is 2.06. The zero-order chi connectivity index (χ0) is 9.14. The summed E-state index contributed by atoms with van der Waals surface area (Å²) in [6.45, 7) is 0.181. The first kappa shape index (κ1) is 8.83. The summed E-state index contributed by atoms with van der Waals surface area (Å²) < 4.78 is 0. The number of phenols is 2. The minimum Gasteiger partial charge on any atom is -0.504 e. The molecule has 0 atom stereocenters. The Hall–Kier alpha value is -1.26. The Morgan fingerprint density at radius 2 is 2.00 bits per heavy atom. The summed E-state index contributed by atoms with van der Waals surface area (Å²) in [7, 11) is 1.46. The van der Waals surface area contributed by atoms with E-state index in [1.54, 1.807) is 12.1 Å². The Labute approximate surface area is 70.3 Å². The molecule has 3 N–H and O–H groups in total. The number of phenolic OH excluding ortho intramolecular Hbond substituents is 2. The summed E-state index contributed by atoms with van der Waals surface area (Å²) in [5, 5.41) is 28.1. The van der Waals surface area contributed by atoms with Gasteiger partial charge >= 0.3 is 0 Å². The number of para-hydroxylation sites is 1. The summed E-state index contributed by atoms with van der Waals surface area (Å²) in [4.78, 5) is 0. The molecular formula is C8H11NO3. The fraction of sp³-hybridized carbons (Fsp3) is 0.250. The molecule has 0 aliphatic carbocycles. The lowest BCUT2D eigenvalue weighted by Crippen LogP contribution is -2.11. The molecule has 0 amide bonds. The third kappa shape index (κ3) is 1.87. The predicted molar refractivity (Wildman–Crippen MR) is 43.0 cm³/mol. The van der Waals surface area contributed by atoms with Gasteiger partial charge in [-0.1, -0.05) is 12.1 Å². The normalized spacial score (nSPS) is 10.6. The molecule has 1 rings (SSSR count). The lowest BCUT2D eigenvalue weighted by molar-refractivity contribution is -0.0735. The van der Waals surface area contributed by atoms with E-state index in [1.807, 2.05) is 0 Å². The first-order chi connectivity index (χ1) is 5.61. The van der Waals surface area contributed by atoms with Crippen LogP contribution in [-0.4, -0.2) is 27.5 Å². The van der Waals surface area contributed by atoms with Gasteiger partial charge in [0.15, 0.2) is 11.5 Å². The molecule has 4 heteroatoms. The van der Waals surface area contributed by atoms with Gasteiger partial charge in [0.2, 0.25) is 0 Å². The molecular weight excluding hydrogens is 158 g/mol. The van der Waals surface area contributed by atoms with E-state index in [0.29, 0.717) is 5.56 Å². The maximum atomic E-state index is 9.26. The van der Waals surface area contributed by atoms with Crippen LogP contribution in [0.25, 0.3) is 0 Å². The van der Waals surface area contributed by atoms with Gasteiger partial charge in [-0.2, -0.15) is 5.06 Å². The van der Waals surface area contributed by atoms with E-state index in [0.717, 1.165) is 5.06 Å². The average molecular weight is 169 g/mol. The molecule has 12 heavy (non-hydrogen) atoms. The van der Waals surface area contributed by atoms with Crippen molar-refractivity contribution in [2.24, 2.45) is 0 Å². The Morgan fingerprint density at radius 3 is 2.58 bits per heavy atom. The number of hydrogen-bond acceptors (Lipinski definition) is 4. The molecule has 0 radical (unpaired) electrons. The maximum Gasteiger partial charge on any atom is 0.162 e. The van der Waals surface area contributed by atoms with Gasteiger partial charge in [-0.25, -0.2) is 0 Å². The van der Waals surface area contributed by atoms with Gasteiger partial charge in [0.1, 0.15) is 0 Å². The molecule has 1 aromatic carbocycles. The number of hydroxylamine groups is 2. The van der Waals surface area contributed by atoms with E-state index >= 15 is 0 Å². The fourth-order valence-corrected chi connectivity index (χ4v) is 0.952. The standard InChI is InChI=1S/C8H11NO3/c1-9(12)5-6-3-2-4-7(10)8(6)11/h2-4,10-12H,5H2,1H3. The second-order valence-corrected chi connectivity index (χ2v) is 2.60. The molecule has 0 saturated heterocycles. The van der Waals surface area contributed by atoms with Crippen molar-refractivity contribution in [1.82, 2.24) is 5.06 Å². The van der Waals surface area contributed by atoms with Gasteiger partial charge < -0.3 is 15.4 Å². The highest BCUT2D eigenvalue weighted by molar-refractivity contribution is 5.44. The van der Waals surface area contributed by atoms with Crippen molar-refractivity contribution in [2.45, 2.75) is 6.54 Å². The van der Waals surface area contributed by atoms with Crippen LogP contribution in [0, 0.1) is 0 Å². The smallest absolute Gasteiger partial charge is 0.162 e. The van der Waals surface area contributed by atoms with Crippen LogP contribution < -0.4 is 0 Å². The number of rotatable bonds is 2. The van der Waals surface area contributed by atoms with Crippen molar-refractivity contribution in [3.63, 3.8) is 0 Å². The summed E-state index contributed by atoms with van der Waals surface area (Å²) in [5.74, 6) is -0.354. The minimum atomic E-state index is -0.182. The molecule has 0 bridgehead atoms. The third-order valence-electron chi connectivity index (χ3n) is 1.50. The molecule has 0 aliphatic heterocycles. The summed E-state index contributed by atoms with van der Waals surface area (Å²) >= 11 is 0. The lowest BCUT2D eigenvalue weighted by Gasteiger charge is -2.09. The monoisotopic (exact) mass is 169 g/mol. The Bertz CT molecular complexity index is 273. The summed E-state index contributed by atoms with van der Waals surface area (Å²) in [5.41, 5.74) is 0.486. The number of benzene rings is 1. The van der Waals surface area contributed by atoms with Crippen molar-refractivity contribution in [1.29, 1.82) is 0 Å². The quantitative estimate of drug-likeness (QED) is 0.455. The van der Waals surface area contributed by atoms with Gasteiger partial charge in [-0.05, 0) is 6.07 Å². The van der Waals surface area contributed by atoms with Gasteiger partial charge in [0.25, 0.3) is 0 Å². The molecule has 0 heterocycles. The molecule has 0 aliphatic rings. The first-order valence-electron chi connectivity index (χ1n) is 3.51. The van der Waals surface area contributed by atoms with E-state index in [2.05, 4.69) is 0 Å². The molecule has 1 aromatic rings. The van der Waals surface area contributed by atoms with Gasteiger partial charge in [0, 0.05) is 12.6 Å². The Balaban J connectivity index is 2.92. The van der Waals surface area contributed by atoms with Crippen LogP contribution >= 0.6 is 0 Å². The Morgan fingerprint density at radius 1 is 1.33 bits per heavy atom. The van der Waals surface area contributed by atoms with E-state index in [-0.39, 0.29) is 18.0 Å². The van der Waals surface area contributed by atoms with E-state index in [4.69, 9.17) is 10.3 Å². The SMILES string of the molecule is CN(O)Cc1cccc(O)c1O. The molecule has 4 nitrogen and oxygen atoms in total. The van der Waals surface area contributed by atoms with Crippen molar-refractivity contribution in [3.8, 4) is 11.5 Å². The second-order valence-electron chi connectivity index (χ2n) is 2.60. The second kappa shape index (κ2) is 3.42. The molecule has 0 aromatic heterocycles. The van der Waals surface area contributed by atoms with Gasteiger partial charge in [0.05, 0.1) is 6.54 Å².